The summed E-state index contributed by atoms with van der Waals surface area (Å²) in [6.45, 7) is 7.92. The summed E-state index contributed by atoms with van der Waals surface area (Å²) in [6, 6.07) is 13.5. The number of carbonyl (C=O) groups excluding carboxylic acids is 1. The van der Waals surface area contributed by atoms with Crippen molar-refractivity contribution in [3.63, 3.8) is 0 Å². The van der Waals surface area contributed by atoms with E-state index in [0.717, 1.165) is 5.56 Å². The average Bonchev–Trinajstić information content (AvgIpc) is 3.35. The minimum atomic E-state index is -1.06. The Hall–Kier alpha value is -3.35. The van der Waals surface area contributed by atoms with Crippen molar-refractivity contribution >= 4 is 16.9 Å². The number of nitrogens with zero attached hydrogens (tertiary/aromatic N) is 3. The molecular weight excluding hydrogens is 394 g/mol. The predicted octanol–water partition coefficient (Wildman–Crippen LogP) is 3.32. The summed E-state index contributed by atoms with van der Waals surface area (Å²) in [6.07, 6.45) is 0.581. The molecule has 0 saturated carbocycles. The van der Waals surface area contributed by atoms with Gasteiger partial charge in [0.1, 0.15) is 17.6 Å². The largest absolute Gasteiger partial charge is 0.508 e. The Morgan fingerprint density at radius 2 is 1.87 bits per heavy atom. The van der Waals surface area contributed by atoms with Crippen LogP contribution in [-0.2, 0) is 16.0 Å². The van der Waals surface area contributed by atoms with Crippen molar-refractivity contribution in [1.29, 1.82) is 0 Å². The van der Waals surface area contributed by atoms with Gasteiger partial charge in [-0.2, -0.15) is 0 Å². The summed E-state index contributed by atoms with van der Waals surface area (Å²) >= 11 is 0. The molecule has 162 valence electrons. The lowest BCUT2D eigenvalue weighted by molar-refractivity contribution is -0.145. The molecule has 1 aromatic heterocycles. The molecule has 0 radical (unpaired) electrons. The molecule has 3 aromatic rings. The molecule has 2 atom stereocenters. The Bertz CT molecular complexity index is 1190. The van der Waals surface area contributed by atoms with Crippen molar-refractivity contribution in [3.8, 4) is 5.75 Å². The Morgan fingerprint density at radius 1 is 1.19 bits per heavy atom. The zero-order chi connectivity index (χ0) is 22.3. The molecule has 2 heterocycles. The predicted molar refractivity (Wildman–Crippen MR) is 119 cm³/mol. The van der Waals surface area contributed by atoms with E-state index < -0.39 is 17.6 Å². The number of rotatable bonds is 6. The molecule has 7 nitrogen and oxygen atoms in total. The third kappa shape index (κ3) is 3.44. The molecule has 1 fully saturated rings. The smallest absolute Gasteiger partial charge is 0.335 e. The van der Waals surface area contributed by atoms with E-state index >= 15 is 0 Å². The van der Waals surface area contributed by atoms with Crippen LogP contribution in [0.25, 0.3) is 10.9 Å². The van der Waals surface area contributed by atoms with Gasteiger partial charge in [0.25, 0.3) is 5.56 Å². The number of carbonyl (C=O) groups is 1. The van der Waals surface area contributed by atoms with Gasteiger partial charge in [0.05, 0.1) is 17.5 Å². The van der Waals surface area contributed by atoms with Gasteiger partial charge in [-0.15, -0.1) is 0 Å². The quantitative estimate of drug-likeness (QED) is 0.486. The van der Waals surface area contributed by atoms with Crippen LogP contribution in [0.2, 0.25) is 0 Å². The zero-order valence-electron chi connectivity index (χ0n) is 18.2. The van der Waals surface area contributed by atoms with Gasteiger partial charge in [-0.3, -0.25) is 9.80 Å². The van der Waals surface area contributed by atoms with Crippen LogP contribution >= 0.6 is 0 Å². The number of para-hydroxylation sites is 1. The Morgan fingerprint density at radius 3 is 2.52 bits per heavy atom. The van der Waals surface area contributed by atoms with Gasteiger partial charge >= 0.3 is 5.97 Å². The van der Waals surface area contributed by atoms with Crippen molar-refractivity contribution in [3.05, 3.63) is 70.3 Å². The first kappa shape index (κ1) is 20.9. The van der Waals surface area contributed by atoms with E-state index in [2.05, 4.69) is 13.8 Å². The van der Waals surface area contributed by atoms with E-state index in [1.165, 1.54) is 0 Å². The highest BCUT2D eigenvalue weighted by Crippen LogP contribution is 2.52. The SMILES string of the molecule is CCOC(=O)[C@@]1(C)[C@H](c2ccc(O)cc2)N1n1c(CC(C)C)nc2ccccc2c1=O. The van der Waals surface area contributed by atoms with Crippen molar-refractivity contribution in [2.24, 2.45) is 5.92 Å². The number of benzene rings is 2. The number of hydrogen-bond donors (Lipinski definition) is 1. The normalized spacial score (nSPS) is 20.3. The van der Waals surface area contributed by atoms with Gasteiger partial charge in [-0.25, -0.2) is 14.5 Å². The van der Waals surface area contributed by atoms with Crippen LogP contribution in [0.4, 0.5) is 0 Å². The minimum absolute atomic E-state index is 0.138. The number of ether oxygens (including phenoxy) is 1. The molecule has 1 aliphatic heterocycles. The maximum Gasteiger partial charge on any atom is 0.335 e. The number of aromatic nitrogens is 2. The van der Waals surface area contributed by atoms with Crippen LogP contribution in [-0.4, -0.2) is 32.9 Å². The summed E-state index contributed by atoms with van der Waals surface area (Å²) in [5, 5.41) is 12.0. The fourth-order valence-corrected chi connectivity index (χ4v) is 4.19. The second-order valence-corrected chi connectivity index (χ2v) is 8.47. The van der Waals surface area contributed by atoms with Crippen molar-refractivity contribution in [2.75, 3.05) is 11.6 Å². The molecule has 1 aliphatic rings. The molecule has 1 saturated heterocycles. The molecule has 2 aromatic carbocycles. The molecule has 31 heavy (non-hydrogen) atoms. The molecule has 0 amide bonds. The molecule has 4 rings (SSSR count). The van der Waals surface area contributed by atoms with Gasteiger partial charge in [-0.05, 0) is 49.6 Å². The molecular formula is C24H27N3O4. The lowest BCUT2D eigenvalue weighted by Gasteiger charge is -2.19. The third-order valence-electron chi connectivity index (χ3n) is 5.71. The second kappa shape index (κ2) is 7.72. The van der Waals surface area contributed by atoms with E-state index in [1.807, 2.05) is 18.2 Å². The lowest BCUT2D eigenvalue weighted by atomic mass is 10.0. The standard InChI is InChI=1S/C24H27N3O4/c1-5-31-23(30)24(4)21(16-10-12-17(28)13-11-16)27(24)26-20(14-15(2)3)25-19-9-7-6-8-18(19)22(26)29/h6-13,15,21,28H,5,14H2,1-4H3/t21-,24+,27?/m0/s1. The van der Waals surface area contributed by atoms with Crippen LogP contribution in [0.3, 0.4) is 0 Å². The van der Waals surface area contributed by atoms with Gasteiger partial charge < -0.3 is 9.84 Å². The van der Waals surface area contributed by atoms with Crippen molar-refractivity contribution in [2.45, 2.75) is 45.7 Å². The Kier molecular flexibility index (Phi) is 5.21. The first-order valence-corrected chi connectivity index (χ1v) is 10.6. The summed E-state index contributed by atoms with van der Waals surface area (Å²) in [5.74, 6) is 0.609. The fraction of sp³-hybridized carbons (Fsp3) is 0.375. The van der Waals surface area contributed by atoms with Gasteiger partial charge in [0.15, 0.2) is 5.54 Å². The summed E-state index contributed by atoms with van der Waals surface area (Å²) in [5.41, 5.74) is 0.175. The first-order chi connectivity index (χ1) is 14.8. The number of aromatic hydroxyl groups is 1. The Balaban J connectivity index is 1.93. The van der Waals surface area contributed by atoms with Crippen LogP contribution in [0, 0.1) is 5.92 Å². The summed E-state index contributed by atoms with van der Waals surface area (Å²) < 4.78 is 6.93. The monoisotopic (exact) mass is 421 g/mol. The van der Waals surface area contributed by atoms with E-state index in [-0.39, 0.29) is 23.8 Å². The summed E-state index contributed by atoms with van der Waals surface area (Å²) in [7, 11) is 0. The highest BCUT2D eigenvalue weighted by Gasteiger charge is 2.68. The molecule has 1 N–H and O–H groups in total. The van der Waals surface area contributed by atoms with Crippen LogP contribution in [0.15, 0.2) is 53.3 Å². The highest BCUT2D eigenvalue weighted by atomic mass is 16.5. The highest BCUT2D eigenvalue weighted by molar-refractivity contribution is 5.90. The number of esters is 1. The van der Waals surface area contributed by atoms with Crippen molar-refractivity contribution < 1.29 is 14.6 Å². The Labute approximate surface area is 180 Å². The fourth-order valence-electron chi connectivity index (χ4n) is 4.19. The maximum atomic E-state index is 13.6. The van der Waals surface area contributed by atoms with E-state index in [4.69, 9.17) is 9.72 Å². The maximum absolute atomic E-state index is 13.6. The topological polar surface area (TPSA) is 84.4 Å². The molecule has 0 unspecified atom stereocenters. The molecule has 0 spiro atoms. The van der Waals surface area contributed by atoms with E-state index in [9.17, 15) is 14.7 Å². The van der Waals surface area contributed by atoms with E-state index in [1.54, 1.807) is 53.9 Å². The number of fused-ring (bicyclic) bond motifs is 1. The average molecular weight is 421 g/mol. The number of phenolic OH excluding ortho intramolecular Hbond substituents is 1. The van der Waals surface area contributed by atoms with Crippen LogP contribution < -0.4 is 10.6 Å². The minimum Gasteiger partial charge on any atom is -0.508 e. The van der Waals surface area contributed by atoms with Crippen LogP contribution in [0.5, 0.6) is 5.75 Å². The van der Waals surface area contributed by atoms with E-state index in [0.29, 0.717) is 23.1 Å². The zero-order valence-corrected chi connectivity index (χ0v) is 18.2. The van der Waals surface area contributed by atoms with Gasteiger partial charge in [0.2, 0.25) is 0 Å². The molecule has 7 heteroatoms. The van der Waals surface area contributed by atoms with Gasteiger partial charge in [0, 0.05) is 6.42 Å². The molecule has 0 aliphatic carbocycles. The lowest BCUT2D eigenvalue weighted by Crippen LogP contribution is -2.40. The van der Waals surface area contributed by atoms with Crippen molar-refractivity contribution in [1.82, 2.24) is 9.66 Å². The number of hydrogen-bond acceptors (Lipinski definition) is 6. The summed E-state index contributed by atoms with van der Waals surface area (Å²) in [4.78, 5) is 31.4. The van der Waals surface area contributed by atoms with Gasteiger partial charge in [-0.1, -0.05) is 38.1 Å². The second-order valence-electron chi connectivity index (χ2n) is 8.47. The molecule has 0 bridgehead atoms. The first-order valence-electron chi connectivity index (χ1n) is 10.6. The van der Waals surface area contributed by atoms with Crippen LogP contribution in [0.1, 0.15) is 45.1 Å². The number of phenols is 1. The third-order valence-corrected chi connectivity index (χ3v) is 5.71.